The van der Waals surface area contributed by atoms with Crippen LogP contribution in [-0.4, -0.2) is 18.5 Å². The van der Waals surface area contributed by atoms with Crippen LogP contribution in [-0.2, 0) is 9.53 Å². The maximum Gasteiger partial charge on any atom is 0.338 e. The Morgan fingerprint density at radius 1 is 1.12 bits per heavy atom. The van der Waals surface area contributed by atoms with Gasteiger partial charge in [-0.15, -0.1) is 0 Å². The first kappa shape index (κ1) is 18.6. The highest BCUT2D eigenvalue weighted by Gasteiger charge is 2.14. The van der Waals surface area contributed by atoms with Gasteiger partial charge in [0, 0.05) is 8.95 Å². The summed E-state index contributed by atoms with van der Waals surface area (Å²) in [5.74, 6) is -1.76. The average Bonchev–Trinajstić information content (AvgIpc) is 2.51. The quantitative estimate of drug-likeness (QED) is 0.672. The molecule has 0 atom stereocenters. The highest BCUT2D eigenvalue weighted by Crippen LogP contribution is 2.32. The molecule has 0 unspecified atom stereocenters. The van der Waals surface area contributed by atoms with Crippen molar-refractivity contribution in [2.75, 3.05) is 11.9 Å². The molecule has 126 valence electrons. The summed E-state index contributed by atoms with van der Waals surface area (Å²) in [6.45, 7) is 3.04. The van der Waals surface area contributed by atoms with Gasteiger partial charge in [0.2, 0.25) is 0 Å². The lowest BCUT2D eigenvalue weighted by atomic mass is 10.1. The molecule has 0 fully saturated rings. The van der Waals surface area contributed by atoms with E-state index in [2.05, 4.69) is 37.2 Å². The van der Waals surface area contributed by atoms with Crippen molar-refractivity contribution in [3.8, 4) is 0 Å². The first-order valence-electron chi connectivity index (χ1n) is 6.96. The molecule has 1 amide bonds. The van der Waals surface area contributed by atoms with Crippen molar-refractivity contribution >= 4 is 49.4 Å². The number of hydrogen-bond donors (Lipinski definition) is 1. The standard InChI is InChI=1S/C17H14Br2FNO3/c1-9-5-12(18)16(13(19)6-9)21-15(22)8-24-17(23)11-4-3-10(2)14(20)7-11/h3-7H,8H2,1-2H3,(H,21,22). The summed E-state index contributed by atoms with van der Waals surface area (Å²) in [6.07, 6.45) is 0. The van der Waals surface area contributed by atoms with Gasteiger partial charge in [-0.05, 0) is 81.1 Å². The van der Waals surface area contributed by atoms with E-state index in [-0.39, 0.29) is 5.56 Å². The van der Waals surface area contributed by atoms with E-state index in [9.17, 15) is 14.0 Å². The van der Waals surface area contributed by atoms with Gasteiger partial charge in [0.1, 0.15) is 5.82 Å². The normalized spacial score (nSPS) is 10.4. The minimum Gasteiger partial charge on any atom is -0.452 e. The number of hydrogen-bond acceptors (Lipinski definition) is 3. The van der Waals surface area contributed by atoms with Gasteiger partial charge in [-0.2, -0.15) is 0 Å². The molecule has 7 heteroatoms. The highest BCUT2D eigenvalue weighted by atomic mass is 79.9. The lowest BCUT2D eigenvalue weighted by Gasteiger charge is -2.11. The zero-order valence-electron chi connectivity index (χ0n) is 13.0. The third kappa shape index (κ3) is 4.64. The molecular weight excluding hydrogens is 445 g/mol. The number of esters is 1. The number of amides is 1. The van der Waals surface area contributed by atoms with Crippen molar-refractivity contribution in [2.24, 2.45) is 0 Å². The van der Waals surface area contributed by atoms with E-state index in [1.165, 1.54) is 12.1 Å². The van der Waals surface area contributed by atoms with Crippen molar-refractivity contribution in [3.63, 3.8) is 0 Å². The van der Waals surface area contributed by atoms with Crippen LogP contribution >= 0.6 is 31.9 Å². The lowest BCUT2D eigenvalue weighted by molar-refractivity contribution is -0.119. The number of carbonyl (C=O) groups is 2. The maximum absolute atomic E-state index is 13.4. The van der Waals surface area contributed by atoms with Crippen LogP contribution in [0.4, 0.5) is 10.1 Å². The van der Waals surface area contributed by atoms with E-state index in [1.54, 1.807) is 6.92 Å². The zero-order valence-corrected chi connectivity index (χ0v) is 16.1. The summed E-state index contributed by atoms with van der Waals surface area (Å²) >= 11 is 6.73. The third-order valence-corrected chi connectivity index (χ3v) is 4.44. The Bertz CT molecular complexity index is 785. The summed E-state index contributed by atoms with van der Waals surface area (Å²) in [5, 5.41) is 2.65. The molecule has 24 heavy (non-hydrogen) atoms. The summed E-state index contributed by atoms with van der Waals surface area (Å²) < 4.78 is 19.8. The van der Waals surface area contributed by atoms with Crippen LogP contribution in [0.5, 0.6) is 0 Å². The van der Waals surface area contributed by atoms with Crippen molar-refractivity contribution in [2.45, 2.75) is 13.8 Å². The molecule has 0 aliphatic rings. The minimum atomic E-state index is -0.758. The highest BCUT2D eigenvalue weighted by molar-refractivity contribution is 9.11. The molecule has 2 aromatic rings. The molecule has 4 nitrogen and oxygen atoms in total. The largest absolute Gasteiger partial charge is 0.452 e. The topological polar surface area (TPSA) is 55.4 Å². The lowest BCUT2D eigenvalue weighted by Crippen LogP contribution is -2.21. The molecule has 0 saturated carbocycles. The summed E-state index contributed by atoms with van der Waals surface area (Å²) in [7, 11) is 0. The Balaban J connectivity index is 1.98. The van der Waals surface area contributed by atoms with E-state index in [0.717, 1.165) is 11.6 Å². The fraction of sp³-hybridized carbons (Fsp3) is 0.176. The van der Waals surface area contributed by atoms with Crippen LogP contribution in [0.25, 0.3) is 0 Å². The van der Waals surface area contributed by atoms with Gasteiger partial charge in [0.05, 0.1) is 11.3 Å². The first-order valence-corrected chi connectivity index (χ1v) is 8.55. The molecule has 0 bridgehead atoms. The molecule has 0 aliphatic carbocycles. The summed E-state index contributed by atoms with van der Waals surface area (Å²) in [5.41, 5.74) is 2.05. The Kier molecular flexibility index (Phi) is 6.12. The zero-order chi connectivity index (χ0) is 17.9. The van der Waals surface area contributed by atoms with Gasteiger partial charge >= 0.3 is 5.97 Å². The smallest absolute Gasteiger partial charge is 0.338 e. The SMILES string of the molecule is Cc1cc(Br)c(NC(=O)COC(=O)c2ccc(C)c(F)c2)c(Br)c1. The van der Waals surface area contributed by atoms with Crippen LogP contribution in [0.2, 0.25) is 0 Å². The van der Waals surface area contributed by atoms with Gasteiger partial charge in [-0.3, -0.25) is 4.79 Å². The Morgan fingerprint density at radius 3 is 2.33 bits per heavy atom. The number of anilines is 1. The van der Waals surface area contributed by atoms with Crippen molar-refractivity contribution < 1.29 is 18.7 Å². The average molecular weight is 459 g/mol. The van der Waals surface area contributed by atoms with Crippen LogP contribution in [0.3, 0.4) is 0 Å². The Morgan fingerprint density at radius 2 is 1.75 bits per heavy atom. The van der Waals surface area contributed by atoms with Crippen LogP contribution in [0.15, 0.2) is 39.3 Å². The molecule has 2 rings (SSSR count). The van der Waals surface area contributed by atoms with Gasteiger partial charge in [-0.25, -0.2) is 9.18 Å². The molecule has 1 N–H and O–H groups in total. The van der Waals surface area contributed by atoms with Gasteiger partial charge in [0.15, 0.2) is 6.61 Å². The third-order valence-electron chi connectivity index (χ3n) is 3.19. The van der Waals surface area contributed by atoms with Gasteiger partial charge in [0.25, 0.3) is 5.91 Å². The fourth-order valence-corrected chi connectivity index (χ4v) is 3.54. The molecule has 0 aromatic heterocycles. The van der Waals surface area contributed by atoms with Crippen molar-refractivity contribution in [3.05, 3.63) is 61.8 Å². The summed E-state index contributed by atoms with van der Waals surface area (Å²) in [6, 6.07) is 7.71. The van der Waals surface area contributed by atoms with Crippen LogP contribution in [0, 0.1) is 19.7 Å². The van der Waals surface area contributed by atoms with E-state index in [1.807, 2.05) is 19.1 Å². The predicted octanol–water partition coefficient (Wildman–Crippen LogP) is 4.76. The predicted molar refractivity (Wildman–Crippen MR) is 96.6 cm³/mol. The number of halogens is 3. The fourth-order valence-electron chi connectivity index (χ4n) is 1.93. The number of carbonyl (C=O) groups excluding carboxylic acids is 2. The molecule has 0 saturated heterocycles. The molecule has 0 radical (unpaired) electrons. The van der Waals surface area contributed by atoms with Crippen molar-refractivity contribution in [1.82, 2.24) is 0 Å². The van der Waals surface area contributed by atoms with E-state index < -0.39 is 24.3 Å². The maximum atomic E-state index is 13.4. The molecule has 2 aromatic carbocycles. The van der Waals surface area contributed by atoms with E-state index >= 15 is 0 Å². The molecule has 0 aliphatic heterocycles. The Labute approximate surface area is 155 Å². The minimum absolute atomic E-state index is 0.0589. The van der Waals surface area contributed by atoms with Crippen LogP contribution in [0.1, 0.15) is 21.5 Å². The van der Waals surface area contributed by atoms with Crippen LogP contribution < -0.4 is 5.32 Å². The molecule has 0 spiro atoms. The number of aryl methyl sites for hydroxylation is 2. The van der Waals surface area contributed by atoms with E-state index in [4.69, 9.17) is 4.74 Å². The number of rotatable bonds is 4. The van der Waals surface area contributed by atoms with Gasteiger partial charge < -0.3 is 10.1 Å². The summed E-state index contributed by atoms with van der Waals surface area (Å²) in [4.78, 5) is 23.8. The second kappa shape index (κ2) is 7.90. The monoisotopic (exact) mass is 457 g/mol. The first-order chi connectivity index (χ1) is 11.3. The second-order valence-electron chi connectivity index (χ2n) is 5.19. The van der Waals surface area contributed by atoms with Crippen molar-refractivity contribution in [1.29, 1.82) is 0 Å². The second-order valence-corrected chi connectivity index (χ2v) is 6.90. The molecule has 0 heterocycles. The van der Waals surface area contributed by atoms with E-state index in [0.29, 0.717) is 20.2 Å². The molecular formula is C17H14Br2FNO3. The number of ether oxygens (including phenoxy) is 1. The Hall–Kier alpha value is -1.73. The number of benzene rings is 2. The number of nitrogens with one attached hydrogen (secondary N) is 1. The van der Waals surface area contributed by atoms with Gasteiger partial charge in [-0.1, -0.05) is 6.07 Å².